The van der Waals surface area contributed by atoms with Crippen LogP contribution in [0.15, 0.2) is 59.7 Å². The highest BCUT2D eigenvalue weighted by Gasteiger charge is 2.13. The van der Waals surface area contributed by atoms with Crippen LogP contribution in [0, 0.1) is 0 Å². The first-order chi connectivity index (χ1) is 14.5. The molecule has 0 atom stereocenters. The molecule has 6 nitrogen and oxygen atoms in total. The van der Waals surface area contributed by atoms with Gasteiger partial charge < -0.3 is 9.88 Å². The smallest absolute Gasteiger partial charge is 0.275 e. The molecule has 3 heterocycles. The molecule has 150 valence electrons. The second kappa shape index (κ2) is 7.36. The van der Waals surface area contributed by atoms with E-state index in [0.29, 0.717) is 15.2 Å². The Balaban J connectivity index is 1.58. The maximum Gasteiger partial charge on any atom is 0.275 e. The molecule has 0 fully saturated rings. The van der Waals surface area contributed by atoms with Crippen molar-refractivity contribution in [3.05, 3.63) is 76.1 Å². The molecular formula is C22H18ClN5OS. The van der Waals surface area contributed by atoms with Gasteiger partial charge in [-0.1, -0.05) is 23.7 Å². The highest BCUT2D eigenvalue weighted by atomic mass is 35.5. The average Bonchev–Trinajstić information content (AvgIpc) is 3.31. The summed E-state index contributed by atoms with van der Waals surface area (Å²) in [5.41, 5.74) is 4.15. The van der Waals surface area contributed by atoms with Gasteiger partial charge in [-0.15, -0.1) is 11.3 Å². The van der Waals surface area contributed by atoms with Gasteiger partial charge in [0.15, 0.2) is 0 Å². The van der Waals surface area contributed by atoms with Gasteiger partial charge >= 0.3 is 0 Å². The Kier molecular flexibility index (Phi) is 4.66. The van der Waals surface area contributed by atoms with E-state index >= 15 is 0 Å². The van der Waals surface area contributed by atoms with E-state index in [9.17, 15) is 4.79 Å². The largest absolute Gasteiger partial charge is 0.341 e. The van der Waals surface area contributed by atoms with Gasteiger partial charge in [-0.25, -0.2) is 9.97 Å². The third-order valence-electron chi connectivity index (χ3n) is 4.83. The highest BCUT2D eigenvalue weighted by Crippen LogP contribution is 2.31. The SMILES string of the molecule is CN(C)Cc1nc2ccc(-n3cnc4cc(-c5ccc(Cl)cc5)sc4c3=O)cc2[nH]1. The first-order valence-corrected chi connectivity index (χ1v) is 10.6. The number of aromatic amines is 1. The van der Waals surface area contributed by atoms with Crippen molar-refractivity contribution in [1.29, 1.82) is 0 Å². The van der Waals surface area contributed by atoms with Crippen molar-refractivity contribution < 1.29 is 0 Å². The fourth-order valence-electron chi connectivity index (χ4n) is 3.43. The lowest BCUT2D eigenvalue weighted by Gasteiger charge is -2.05. The number of rotatable bonds is 4. The van der Waals surface area contributed by atoms with Crippen LogP contribution in [-0.2, 0) is 6.54 Å². The molecule has 0 amide bonds. The Morgan fingerprint density at radius 3 is 2.67 bits per heavy atom. The molecule has 3 aromatic heterocycles. The van der Waals surface area contributed by atoms with Crippen LogP contribution in [0.4, 0.5) is 0 Å². The number of aromatic nitrogens is 4. The van der Waals surface area contributed by atoms with Crippen LogP contribution in [-0.4, -0.2) is 38.5 Å². The summed E-state index contributed by atoms with van der Waals surface area (Å²) in [4.78, 5) is 28.7. The number of benzene rings is 2. The number of thiophene rings is 1. The van der Waals surface area contributed by atoms with Crippen molar-refractivity contribution in [2.75, 3.05) is 14.1 Å². The van der Waals surface area contributed by atoms with Crippen LogP contribution >= 0.6 is 22.9 Å². The lowest BCUT2D eigenvalue weighted by Crippen LogP contribution is -2.17. The van der Waals surface area contributed by atoms with Gasteiger partial charge in [0.25, 0.3) is 5.56 Å². The fourth-order valence-corrected chi connectivity index (χ4v) is 4.60. The monoisotopic (exact) mass is 435 g/mol. The van der Waals surface area contributed by atoms with Gasteiger partial charge in [0, 0.05) is 9.90 Å². The number of imidazole rings is 1. The number of nitrogens with zero attached hydrogens (tertiary/aromatic N) is 4. The zero-order valence-electron chi connectivity index (χ0n) is 16.4. The summed E-state index contributed by atoms with van der Waals surface area (Å²) in [6.07, 6.45) is 1.58. The Bertz CT molecular complexity index is 1430. The van der Waals surface area contributed by atoms with E-state index in [4.69, 9.17) is 11.6 Å². The van der Waals surface area contributed by atoms with Crippen LogP contribution < -0.4 is 5.56 Å². The molecule has 5 aromatic rings. The molecule has 0 aliphatic heterocycles. The molecule has 2 aromatic carbocycles. The molecule has 0 bridgehead atoms. The third-order valence-corrected chi connectivity index (χ3v) is 6.24. The van der Waals surface area contributed by atoms with Crippen LogP contribution in [0.2, 0.25) is 5.02 Å². The van der Waals surface area contributed by atoms with Crippen molar-refractivity contribution in [3.8, 4) is 16.1 Å². The summed E-state index contributed by atoms with van der Waals surface area (Å²) in [6, 6.07) is 15.3. The van der Waals surface area contributed by atoms with Gasteiger partial charge in [-0.3, -0.25) is 9.36 Å². The summed E-state index contributed by atoms with van der Waals surface area (Å²) in [7, 11) is 4.00. The lowest BCUT2D eigenvalue weighted by atomic mass is 10.2. The molecule has 0 unspecified atom stereocenters. The summed E-state index contributed by atoms with van der Waals surface area (Å²) >= 11 is 7.43. The number of fused-ring (bicyclic) bond motifs is 2. The van der Waals surface area contributed by atoms with Gasteiger partial charge in [-0.05, 0) is 56.1 Å². The molecule has 1 N–H and O–H groups in total. The van der Waals surface area contributed by atoms with E-state index < -0.39 is 0 Å². The van der Waals surface area contributed by atoms with Crippen LogP contribution in [0.5, 0.6) is 0 Å². The second-order valence-electron chi connectivity index (χ2n) is 7.37. The normalized spacial score (nSPS) is 11.7. The Morgan fingerprint density at radius 2 is 1.90 bits per heavy atom. The van der Waals surface area contributed by atoms with Crippen molar-refractivity contribution in [1.82, 2.24) is 24.4 Å². The van der Waals surface area contributed by atoms with Crippen LogP contribution in [0.1, 0.15) is 5.82 Å². The summed E-state index contributed by atoms with van der Waals surface area (Å²) < 4.78 is 2.21. The minimum atomic E-state index is -0.0856. The number of H-pyrrole nitrogens is 1. The Morgan fingerprint density at radius 1 is 1.10 bits per heavy atom. The molecule has 0 saturated carbocycles. The first kappa shape index (κ1) is 19.0. The standard InChI is InChI=1S/C22H18ClN5OS/c1-27(2)11-20-25-16-8-7-15(9-17(16)26-20)28-12-24-18-10-19(30-21(18)22(28)29)13-3-5-14(23)6-4-13/h3-10,12H,11H2,1-2H3,(H,25,26). The number of hydrogen-bond acceptors (Lipinski definition) is 5. The van der Waals surface area contributed by atoms with Gasteiger partial charge in [-0.2, -0.15) is 0 Å². The molecule has 30 heavy (non-hydrogen) atoms. The van der Waals surface area contributed by atoms with Crippen LogP contribution in [0.3, 0.4) is 0 Å². The predicted octanol–water partition coefficient (Wildman–Crippen LogP) is 4.71. The van der Waals surface area contributed by atoms with Crippen molar-refractivity contribution in [3.63, 3.8) is 0 Å². The zero-order chi connectivity index (χ0) is 20.8. The topological polar surface area (TPSA) is 66.8 Å². The average molecular weight is 436 g/mol. The molecule has 0 aliphatic carbocycles. The third kappa shape index (κ3) is 3.41. The number of halogens is 1. The van der Waals surface area contributed by atoms with E-state index in [1.54, 1.807) is 10.9 Å². The number of hydrogen-bond donors (Lipinski definition) is 1. The second-order valence-corrected chi connectivity index (χ2v) is 8.86. The quantitative estimate of drug-likeness (QED) is 0.444. The molecule has 0 saturated heterocycles. The van der Waals surface area contributed by atoms with Gasteiger partial charge in [0.1, 0.15) is 16.9 Å². The molecular weight excluding hydrogens is 418 g/mol. The molecule has 0 aliphatic rings. The molecule has 0 radical (unpaired) electrons. The minimum Gasteiger partial charge on any atom is -0.341 e. The lowest BCUT2D eigenvalue weighted by molar-refractivity contribution is 0.392. The van der Waals surface area contributed by atoms with E-state index in [-0.39, 0.29) is 5.56 Å². The molecule has 0 spiro atoms. The molecule has 8 heteroatoms. The molecule has 5 rings (SSSR count). The summed E-state index contributed by atoms with van der Waals surface area (Å²) in [5.74, 6) is 0.888. The first-order valence-electron chi connectivity index (χ1n) is 9.39. The Labute approximate surface area is 181 Å². The maximum atomic E-state index is 13.2. The fraction of sp³-hybridized carbons (Fsp3) is 0.136. The summed E-state index contributed by atoms with van der Waals surface area (Å²) in [5, 5.41) is 0.684. The predicted molar refractivity (Wildman–Crippen MR) is 123 cm³/mol. The number of nitrogens with one attached hydrogen (secondary N) is 1. The van der Waals surface area contributed by atoms with Crippen LogP contribution in [0.25, 0.3) is 37.4 Å². The van der Waals surface area contributed by atoms with Crippen molar-refractivity contribution >= 4 is 44.2 Å². The van der Waals surface area contributed by atoms with Crippen molar-refractivity contribution in [2.24, 2.45) is 0 Å². The summed E-state index contributed by atoms with van der Waals surface area (Å²) in [6.45, 7) is 0.722. The van der Waals surface area contributed by atoms with Crippen molar-refractivity contribution in [2.45, 2.75) is 6.54 Å². The Hall–Kier alpha value is -3.00. The maximum absolute atomic E-state index is 13.2. The van der Waals surface area contributed by atoms with E-state index in [1.165, 1.54) is 11.3 Å². The van der Waals surface area contributed by atoms with Gasteiger partial charge in [0.05, 0.1) is 28.8 Å². The van der Waals surface area contributed by atoms with E-state index in [0.717, 1.165) is 39.5 Å². The van der Waals surface area contributed by atoms with E-state index in [2.05, 4.69) is 19.9 Å². The minimum absolute atomic E-state index is 0.0856. The van der Waals surface area contributed by atoms with Gasteiger partial charge in [0.2, 0.25) is 0 Å². The zero-order valence-corrected chi connectivity index (χ0v) is 18.0. The highest BCUT2D eigenvalue weighted by molar-refractivity contribution is 7.22. The van der Waals surface area contributed by atoms with E-state index in [1.807, 2.05) is 62.6 Å².